The summed E-state index contributed by atoms with van der Waals surface area (Å²) < 4.78 is 0. The van der Waals surface area contributed by atoms with Crippen molar-refractivity contribution in [3.8, 4) is 0 Å². The first-order chi connectivity index (χ1) is 6.20. The van der Waals surface area contributed by atoms with Crippen LogP contribution in [0, 0.1) is 5.41 Å². The Labute approximate surface area is 86.2 Å². The van der Waals surface area contributed by atoms with E-state index in [0.29, 0.717) is 16.8 Å². The van der Waals surface area contributed by atoms with E-state index in [-0.39, 0.29) is 0 Å². The van der Waals surface area contributed by atoms with Crippen LogP contribution in [0.4, 0.5) is 0 Å². The van der Waals surface area contributed by atoms with E-state index in [4.69, 9.17) is 11.6 Å². The molecule has 1 nitrogen and oxygen atoms in total. The number of nitrogens with one attached hydrogen (secondary N) is 1. The smallest absolute Gasteiger partial charge is 0.0489 e. The molecule has 0 amide bonds. The van der Waals surface area contributed by atoms with Gasteiger partial charge in [-0.1, -0.05) is 19.8 Å². The van der Waals surface area contributed by atoms with Gasteiger partial charge in [-0.2, -0.15) is 0 Å². The standard InChI is InChI=1S/C11H20ClN/c1-11(6-3-7-11)8-13-10-5-2-4-9(10)12/h9-10,13H,2-8H2,1H3. The molecule has 76 valence electrons. The molecule has 13 heavy (non-hydrogen) atoms. The highest BCUT2D eigenvalue weighted by atomic mass is 35.5. The quantitative estimate of drug-likeness (QED) is 0.693. The molecular weight excluding hydrogens is 182 g/mol. The van der Waals surface area contributed by atoms with Gasteiger partial charge in [0.25, 0.3) is 0 Å². The van der Waals surface area contributed by atoms with Crippen LogP contribution >= 0.6 is 11.6 Å². The Bertz CT molecular complexity index is 177. The Morgan fingerprint density at radius 2 is 2.08 bits per heavy atom. The molecule has 2 saturated carbocycles. The highest BCUT2D eigenvalue weighted by molar-refractivity contribution is 6.21. The van der Waals surface area contributed by atoms with Crippen LogP contribution in [0.15, 0.2) is 0 Å². The monoisotopic (exact) mass is 201 g/mol. The predicted molar refractivity (Wildman–Crippen MR) is 57.2 cm³/mol. The van der Waals surface area contributed by atoms with Crippen molar-refractivity contribution in [3.05, 3.63) is 0 Å². The fourth-order valence-electron chi connectivity index (χ4n) is 2.48. The van der Waals surface area contributed by atoms with Crippen molar-refractivity contribution in [1.82, 2.24) is 5.32 Å². The van der Waals surface area contributed by atoms with E-state index >= 15 is 0 Å². The van der Waals surface area contributed by atoms with E-state index in [1.54, 1.807) is 0 Å². The van der Waals surface area contributed by atoms with Crippen LogP contribution in [0.2, 0.25) is 0 Å². The lowest BCUT2D eigenvalue weighted by atomic mass is 9.70. The Hall–Kier alpha value is 0.250. The molecule has 0 aliphatic heterocycles. The summed E-state index contributed by atoms with van der Waals surface area (Å²) in [5.74, 6) is 0. The molecule has 0 radical (unpaired) electrons. The summed E-state index contributed by atoms with van der Waals surface area (Å²) in [5, 5.41) is 4.03. The first-order valence-electron chi connectivity index (χ1n) is 5.57. The maximum Gasteiger partial charge on any atom is 0.0489 e. The maximum atomic E-state index is 6.21. The number of hydrogen-bond donors (Lipinski definition) is 1. The Morgan fingerprint density at radius 1 is 1.31 bits per heavy atom. The van der Waals surface area contributed by atoms with Crippen molar-refractivity contribution in [2.24, 2.45) is 5.41 Å². The Kier molecular flexibility index (Phi) is 2.85. The van der Waals surface area contributed by atoms with Crippen LogP contribution in [0.1, 0.15) is 45.4 Å². The van der Waals surface area contributed by atoms with Crippen molar-refractivity contribution >= 4 is 11.6 Å². The van der Waals surface area contributed by atoms with Gasteiger partial charge in [0.15, 0.2) is 0 Å². The molecule has 0 aromatic carbocycles. The molecule has 2 heteroatoms. The zero-order chi connectivity index (χ0) is 9.31. The minimum Gasteiger partial charge on any atom is -0.312 e. The van der Waals surface area contributed by atoms with Crippen LogP contribution in [0.25, 0.3) is 0 Å². The highest BCUT2D eigenvalue weighted by Crippen LogP contribution is 2.40. The van der Waals surface area contributed by atoms with Gasteiger partial charge in [0.05, 0.1) is 0 Å². The van der Waals surface area contributed by atoms with E-state index < -0.39 is 0 Å². The van der Waals surface area contributed by atoms with Crippen LogP contribution in [-0.2, 0) is 0 Å². The second-order valence-corrected chi connectivity index (χ2v) is 5.66. The van der Waals surface area contributed by atoms with Gasteiger partial charge in [-0.15, -0.1) is 11.6 Å². The maximum absolute atomic E-state index is 6.21. The SMILES string of the molecule is CC1(CNC2CCCC2Cl)CCC1. The third kappa shape index (κ3) is 2.19. The van der Waals surface area contributed by atoms with E-state index in [0.717, 1.165) is 0 Å². The fourth-order valence-corrected chi connectivity index (χ4v) is 2.85. The molecule has 2 aliphatic carbocycles. The van der Waals surface area contributed by atoms with Gasteiger partial charge in [0.2, 0.25) is 0 Å². The number of hydrogen-bond acceptors (Lipinski definition) is 1. The molecule has 0 saturated heterocycles. The third-order valence-corrected chi connectivity index (χ3v) is 4.31. The third-order valence-electron chi connectivity index (χ3n) is 3.78. The number of rotatable bonds is 3. The van der Waals surface area contributed by atoms with Gasteiger partial charge in [-0.25, -0.2) is 0 Å². The molecule has 2 atom stereocenters. The van der Waals surface area contributed by atoms with Crippen molar-refractivity contribution in [2.75, 3.05) is 6.54 Å². The molecule has 0 bridgehead atoms. The minimum absolute atomic E-state index is 0.392. The number of alkyl halides is 1. The second kappa shape index (κ2) is 3.78. The lowest BCUT2D eigenvalue weighted by Gasteiger charge is -2.39. The topological polar surface area (TPSA) is 12.0 Å². The molecule has 2 rings (SSSR count). The largest absolute Gasteiger partial charge is 0.312 e. The van der Waals surface area contributed by atoms with Crippen LogP contribution in [0.3, 0.4) is 0 Å². The number of halogens is 1. The van der Waals surface area contributed by atoms with E-state index in [9.17, 15) is 0 Å². The predicted octanol–water partition coefficient (Wildman–Crippen LogP) is 2.93. The summed E-state index contributed by atoms with van der Waals surface area (Å²) in [6, 6.07) is 0.596. The Balaban J connectivity index is 1.72. The fraction of sp³-hybridized carbons (Fsp3) is 1.00. The van der Waals surface area contributed by atoms with Gasteiger partial charge in [0.1, 0.15) is 0 Å². The summed E-state index contributed by atoms with van der Waals surface area (Å²) in [5.41, 5.74) is 0.596. The molecule has 1 N–H and O–H groups in total. The van der Waals surface area contributed by atoms with Crippen molar-refractivity contribution in [3.63, 3.8) is 0 Å². The second-order valence-electron chi connectivity index (χ2n) is 5.10. The average Bonchev–Trinajstić information content (AvgIpc) is 2.44. The van der Waals surface area contributed by atoms with E-state index in [1.807, 2.05) is 0 Å². The summed E-state index contributed by atoms with van der Waals surface area (Å²) in [6.07, 6.45) is 8.02. The van der Waals surface area contributed by atoms with Crippen LogP contribution in [-0.4, -0.2) is 18.0 Å². The van der Waals surface area contributed by atoms with Gasteiger partial charge < -0.3 is 5.32 Å². The van der Waals surface area contributed by atoms with Crippen molar-refractivity contribution < 1.29 is 0 Å². The molecule has 2 unspecified atom stereocenters. The van der Waals surface area contributed by atoms with Gasteiger partial charge in [0, 0.05) is 18.0 Å². The molecular formula is C11H20ClN. The normalized spacial score (nSPS) is 37.4. The van der Waals surface area contributed by atoms with Gasteiger partial charge in [-0.3, -0.25) is 0 Å². The highest BCUT2D eigenvalue weighted by Gasteiger charge is 2.33. The summed E-state index contributed by atoms with van der Waals surface area (Å²) in [7, 11) is 0. The molecule has 2 fully saturated rings. The molecule has 2 aliphatic rings. The lowest BCUT2D eigenvalue weighted by Crippen LogP contribution is -2.43. The van der Waals surface area contributed by atoms with E-state index in [1.165, 1.54) is 45.1 Å². The summed E-state index contributed by atoms with van der Waals surface area (Å²) in [4.78, 5) is 0. The molecule has 0 aromatic rings. The molecule has 0 aromatic heterocycles. The van der Waals surface area contributed by atoms with Crippen molar-refractivity contribution in [1.29, 1.82) is 0 Å². The first kappa shape index (κ1) is 9.79. The van der Waals surface area contributed by atoms with Crippen LogP contribution in [0.5, 0.6) is 0 Å². The summed E-state index contributed by atoms with van der Waals surface area (Å²) in [6.45, 7) is 3.57. The van der Waals surface area contributed by atoms with Gasteiger partial charge >= 0.3 is 0 Å². The summed E-state index contributed by atoms with van der Waals surface area (Å²) >= 11 is 6.21. The molecule has 0 heterocycles. The zero-order valence-corrected chi connectivity index (χ0v) is 9.24. The average molecular weight is 202 g/mol. The Morgan fingerprint density at radius 3 is 2.54 bits per heavy atom. The van der Waals surface area contributed by atoms with Gasteiger partial charge in [-0.05, 0) is 31.1 Å². The van der Waals surface area contributed by atoms with E-state index in [2.05, 4.69) is 12.2 Å². The van der Waals surface area contributed by atoms with Crippen LogP contribution < -0.4 is 5.32 Å². The first-order valence-corrected chi connectivity index (χ1v) is 6.01. The minimum atomic E-state index is 0.392. The molecule has 0 spiro atoms. The lowest BCUT2D eigenvalue weighted by molar-refractivity contribution is 0.151. The van der Waals surface area contributed by atoms with Crippen molar-refractivity contribution in [2.45, 2.75) is 56.9 Å². The zero-order valence-electron chi connectivity index (χ0n) is 8.48.